The first kappa shape index (κ1) is 15.1. The van der Waals surface area contributed by atoms with E-state index in [1.54, 1.807) is 0 Å². The van der Waals surface area contributed by atoms with E-state index in [1.165, 1.54) is 5.56 Å². The molecule has 0 aliphatic heterocycles. The molecule has 0 bridgehead atoms. The molecule has 0 saturated heterocycles. The standard InChI is InChI=1S/C18H21NO2/c1-14(2)21-18(20)19-17(16-11-7-4-8-12-16)13-15-9-5-3-6-10-15/h3-12,14,17H,13H2,1-2H3,(H,19,20). The monoisotopic (exact) mass is 283 g/mol. The minimum absolute atomic E-state index is 0.0974. The number of carbonyl (C=O) groups is 1. The van der Waals surface area contributed by atoms with E-state index in [0.29, 0.717) is 0 Å². The largest absolute Gasteiger partial charge is 0.447 e. The lowest BCUT2D eigenvalue weighted by Gasteiger charge is -2.20. The van der Waals surface area contributed by atoms with Crippen LogP contribution < -0.4 is 5.32 Å². The van der Waals surface area contributed by atoms with Crippen molar-refractivity contribution in [3.8, 4) is 0 Å². The number of carbonyl (C=O) groups excluding carboxylic acids is 1. The molecular weight excluding hydrogens is 262 g/mol. The molecule has 2 rings (SSSR count). The van der Waals surface area contributed by atoms with E-state index in [-0.39, 0.29) is 18.2 Å². The summed E-state index contributed by atoms with van der Waals surface area (Å²) in [6.07, 6.45) is 0.228. The molecule has 0 aromatic heterocycles. The number of ether oxygens (including phenoxy) is 1. The maximum atomic E-state index is 11.9. The molecule has 0 saturated carbocycles. The zero-order chi connectivity index (χ0) is 15.1. The van der Waals surface area contributed by atoms with Crippen LogP contribution in [0.1, 0.15) is 31.0 Å². The number of amides is 1. The highest BCUT2D eigenvalue weighted by Crippen LogP contribution is 2.18. The van der Waals surface area contributed by atoms with Gasteiger partial charge in [-0.2, -0.15) is 0 Å². The van der Waals surface area contributed by atoms with Gasteiger partial charge in [0.25, 0.3) is 0 Å². The molecular formula is C18H21NO2. The fourth-order valence-corrected chi connectivity index (χ4v) is 2.18. The molecule has 3 heteroatoms. The van der Waals surface area contributed by atoms with Crippen molar-refractivity contribution in [3.63, 3.8) is 0 Å². The summed E-state index contributed by atoms with van der Waals surface area (Å²) in [5.41, 5.74) is 2.25. The van der Waals surface area contributed by atoms with Crippen molar-refractivity contribution in [2.45, 2.75) is 32.4 Å². The molecule has 1 amide bonds. The van der Waals surface area contributed by atoms with Crippen LogP contribution in [-0.4, -0.2) is 12.2 Å². The Labute approximate surface area is 126 Å². The van der Waals surface area contributed by atoms with Crippen LogP contribution in [0.25, 0.3) is 0 Å². The molecule has 0 spiro atoms. The quantitative estimate of drug-likeness (QED) is 0.897. The van der Waals surface area contributed by atoms with Gasteiger partial charge in [-0.1, -0.05) is 60.7 Å². The van der Waals surface area contributed by atoms with Crippen LogP contribution in [-0.2, 0) is 11.2 Å². The molecule has 2 aromatic rings. The Hall–Kier alpha value is -2.29. The van der Waals surface area contributed by atoms with Crippen molar-refractivity contribution < 1.29 is 9.53 Å². The Balaban J connectivity index is 2.13. The molecule has 21 heavy (non-hydrogen) atoms. The molecule has 2 aromatic carbocycles. The summed E-state index contributed by atoms with van der Waals surface area (Å²) in [6, 6.07) is 20.0. The van der Waals surface area contributed by atoms with Crippen molar-refractivity contribution >= 4 is 6.09 Å². The Bertz CT molecular complexity index is 552. The predicted octanol–water partition coefficient (Wildman–Crippen LogP) is 4.11. The third kappa shape index (κ3) is 4.95. The van der Waals surface area contributed by atoms with Crippen LogP contribution in [0.3, 0.4) is 0 Å². The highest BCUT2D eigenvalue weighted by Gasteiger charge is 2.16. The number of rotatable bonds is 5. The van der Waals surface area contributed by atoms with E-state index in [4.69, 9.17) is 4.74 Å². The van der Waals surface area contributed by atoms with Gasteiger partial charge < -0.3 is 10.1 Å². The molecule has 0 heterocycles. The summed E-state index contributed by atoms with van der Waals surface area (Å²) in [5, 5.41) is 2.95. The van der Waals surface area contributed by atoms with Gasteiger partial charge in [0, 0.05) is 0 Å². The Morgan fingerprint density at radius 2 is 1.57 bits per heavy atom. The van der Waals surface area contributed by atoms with Gasteiger partial charge in [0.05, 0.1) is 12.1 Å². The normalized spacial score (nSPS) is 12.0. The summed E-state index contributed by atoms with van der Waals surface area (Å²) >= 11 is 0. The third-order valence-corrected chi connectivity index (χ3v) is 3.12. The van der Waals surface area contributed by atoms with Crippen LogP contribution in [0.15, 0.2) is 60.7 Å². The second-order valence-electron chi connectivity index (χ2n) is 5.25. The van der Waals surface area contributed by atoms with E-state index in [2.05, 4.69) is 17.4 Å². The van der Waals surface area contributed by atoms with E-state index in [9.17, 15) is 4.79 Å². The van der Waals surface area contributed by atoms with Crippen LogP contribution in [0.5, 0.6) is 0 Å². The second kappa shape index (κ2) is 7.48. The van der Waals surface area contributed by atoms with Gasteiger partial charge in [0.2, 0.25) is 0 Å². The maximum absolute atomic E-state index is 11.9. The van der Waals surface area contributed by atoms with E-state index < -0.39 is 0 Å². The molecule has 110 valence electrons. The lowest BCUT2D eigenvalue weighted by Crippen LogP contribution is -2.32. The molecule has 0 aliphatic rings. The van der Waals surface area contributed by atoms with Crippen molar-refractivity contribution in [2.75, 3.05) is 0 Å². The van der Waals surface area contributed by atoms with E-state index >= 15 is 0 Å². The van der Waals surface area contributed by atoms with Gasteiger partial charge in [-0.15, -0.1) is 0 Å². The van der Waals surface area contributed by atoms with Gasteiger partial charge in [-0.3, -0.25) is 0 Å². The predicted molar refractivity (Wildman–Crippen MR) is 84.1 cm³/mol. The van der Waals surface area contributed by atoms with Crippen molar-refractivity contribution in [1.82, 2.24) is 5.32 Å². The number of hydrogen-bond donors (Lipinski definition) is 1. The number of nitrogens with one attached hydrogen (secondary N) is 1. The average molecular weight is 283 g/mol. The van der Waals surface area contributed by atoms with Crippen LogP contribution in [0.4, 0.5) is 4.79 Å². The van der Waals surface area contributed by atoms with E-state index in [0.717, 1.165) is 12.0 Å². The van der Waals surface area contributed by atoms with Crippen molar-refractivity contribution in [2.24, 2.45) is 0 Å². The highest BCUT2D eigenvalue weighted by molar-refractivity contribution is 5.68. The lowest BCUT2D eigenvalue weighted by atomic mass is 9.99. The van der Waals surface area contributed by atoms with Crippen molar-refractivity contribution in [3.05, 3.63) is 71.8 Å². The van der Waals surface area contributed by atoms with Crippen LogP contribution in [0.2, 0.25) is 0 Å². The van der Waals surface area contributed by atoms with Gasteiger partial charge >= 0.3 is 6.09 Å². The first-order chi connectivity index (χ1) is 10.1. The number of hydrogen-bond acceptors (Lipinski definition) is 2. The zero-order valence-corrected chi connectivity index (χ0v) is 12.5. The van der Waals surface area contributed by atoms with Gasteiger partial charge in [-0.05, 0) is 31.4 Å². The molecule has 0 fully saturated rings. The summed E-state index contributed by atoms with van der Waals surface area (Å²) in [4.78, 5) is 11.9. The Morgan fingerprint density at radius 3 is 2.14 bits per heavy atom. The molecule has 1 atom stereocenters. The first-order valence-electron chi connectivity index (χ1n) is 7.21. The Morgan fingerprint density at radius 1 is 1.00 bits per heavy atom. The minimum atomic E-state index is -0.380. The number of benzene rings is 2. The lowest BCUT2D eigenvalue weighted by molar-refractivity contribution is 0.112. The fourth-order valence-electron chi connectivity index (χ4n) is 2.18. The van der Waals surface area contributed by atoms with Crippen LogP contribution in [0, 0.1) is 0 Å². The van der Waals surface area contributed by atoms with Crippen molar-refractivity contribution in [1.29, 1.82) is 0 Å². The summed E-state index contributed by atoms with van der Waals surface area (Å²) in [6.45, 7) is 3.68. The molecule has 0 radical (unpaired) electrons. The summed E-state index contributed by atoms with van der Waals surface area (Å²) < 4.78 is 5.19. The molecule has 0 aliphatic carbocycles. The first-order valence-corrected chi connectivity index (χ1v) is 7.21. The van der Waals surface area contributed by atoms with E-state index in [1.807, 2.05) is 62.4 Å². The van der Waals surface area contributed by atoms with Crippen LogP contribution >= 0.6 is 0 Å². The molecule has 3 nitrogen and oxygen atoms in total. The third-order valence-electron chi connectivity index (χ3n) is 3.12. The molecule has 1 N–H and O–H groups in total. The average Bonchev–Trinajstić information content (AvgIpc) is 2.48. The SMILES string of the molecule is CC(C)OC(=O)NC(Cc1ccccc1)c1ccccc1. The fraction of sp³-hybridized carbons (Fsp3) is 0.278. The maximum Gasteiger partial charge on any atom is 0.407 e. The Kier molecular flexibility index (Phi) is 5.38. The topological polar surface area (TPSA) is 38.3 Å². The highest BCUT2D eigenvalue weighted by atomic mass is 16.6. The summed E-state index contributed by atoms with van der Waals surface area (Å²) in [7, 11) is 0. The summed E-state index contributed by atoms with van der Waals surface area (Å²) in [5.74, 6) is 0. The second-order valence-corrected chi connectivity index (χ2v) is 5.25. The van der Waals surface area contributed by atoms with Gasteiger partial charge in [0.1, 0.15) is 0 Å². The zero-order valence-electron chi connectivity index (χ0n) is 12.5. The minimum Gasteiger partial charge on any atom is -0.447 e. The molecule has 1 unspecified atom stereocenters. The smallest absolute Gasteiger partial charge is 0.407 e. The van der Waals surface area contributed by atoms with Gasteiger partial charge in [0.15, 0.2) is 0 Å². The number of alkyl carbamates (subject to hydrolysis) is 1. The van der Waals surface area contributed by atoms with Gasteiger partial charge in [-0.25, -0.2) is 4.79 Å².